The Hall–Kier alpha value is -4.98. The smallest absolute Gasteiger partial charge is 0.145 e. The van der Waals surface area contributed by atoms with Crippen LogP contribution in [0.3, 0.4) is 0 Å². The monoisotopic (exact) mass is 473 g/mol. The summed E-state index contributed by atoms with van der Waals surface area (Å²) >= 11 is 0. The van der Waals surface area contributed by atoms with Crippen LogP contribution in [0.5, 0.6) is 11.5 Å². The van der Waals surface area contributed by atoms with Gasteiger partial charge in [-0.1, -0.05) is 24.3 Å². The summed E-state index contributed by atoms with van der Waals surface area (Å²) in [4.78, 5) is 12.8. The maximum absolute atomic E-state index is 5.98. The molecule has 4 aromatic heterocycles. The van der Waals surface area contributed by atoms with Crippen LogP contribution in [0.1, 0.15) is 11.1 Å². The lowest BCUT2D eigenvalue weighted by Gasteiger charge is -2.08. The van der Waals surface area contributed by atoms with Crippen LogP contribution in [0.15, 0.2) is 97.7 Å². The quantitative estimate of drug-likeness (QED) is 0.319. The van der Waals surface area contributed by atoms with Gasteiger partial charge in [0, 0.05) is 36.7 Å². The molecule has 176 valence electrons. The number of nitrogens with one attached hydrogen (secondary N) is 1. The summed E-state index contributed by atoms with van der Waals surface area (Å²) in [6.07, 6.45) is 8.94. The third-order valence-electron chi connectivity index (χ3n) is 5.94. The van der Waals surface area contributed by atoms with Gasteiger partial charge in [-0.15, -0.1) is 0 Å². The normalized spacial score (nSPS) is 11.1. The first-order chi connectivity index (χ1) is 17.7. The number of aromatic nitrogens is 5. The first kappa shape index (κ1) is 21.5. The van der Waals surface area contributed by atoms with Gasteiger partial charge in [0.05, 0.1) is 23.6 Å². The summed E-state index contributed by atoms with van der Waals surface area (Å²) in [6.45, 7) is 1.27. The average molecular weight is 474 g/mol. The van der Waals surface area contributed by atoms with Crippen LogP contribution in [-0.2, 0) is 13.1 Å². The number of pyridine rings is 3. The van der Waals surface area contributed by atoms with Crippen molar-refractivity contribution >= 4 is 33.3 Å². The molecule has 6 rings (SSSR count). The van der Waals surface area contributed by atoms with Crippen LogP contribution in [-0.4, -0.2) is 24.7 Å². The van der Waals surface area contributed by atoms with E-state index in [1.165, 1.54) is 0 Å². The summed E-state index contributed by atoms with van der Waals surface area (Å²) in [6, 6.07) is 21.8. The highest BCUT2D eigenvalue weighted by Gasteiger charge is 2.09. The zero-order valence-corrected chi connectivity index (χ0v) is 19.4. The van der Waals surface area contributed by atoms with Crippen LogP contribution in [0.25, 0.3) is 21.7 Å². The molecule has 8 nitrogen and oxygen atoms in total. The summed E-state index contributed by atoms with van der Waals surface area (Å²) < 4.78 is 7.76. The molecule has 8 heteroatoms. The lowest BCUT2D eigenvalue weighted by atomic mass is 10.1. The lowest BCUT2D eigenvalue weighted by Crippen LogP contribution is -2.02. The minimum atomic E-state index is 0.543. The van der Waals surface area contributed by atoms with Crippen LogP contribution in [0, 0.1) is 0 Å². The number of hydrogen-bond donors (Lipinski definition) is 2. The number of benzene rings is 2. The molecular weight excluding hydrogens is 450 g/mol. The maximum Gasteiger partial charge on any atom is 0.145 e. The molecule has 0 aliphatic heterocycles. The van der Waals surface area contributed by atoms with Crippen LogP contribution in [0.4, 0.5) is 11.6 Å². The minimum Gasteiger partial charge on any atom is -0.456 e. The van der Waals surface area contributed by atoms with Gasteiger partial charge in [0.15, 0.2) is 0 Å². The van der Waals surface area contributed by atoms with Gasteiger partial charge in [-0.3, -0.25) is 9.67 Å². The molecule has 0 saturated carbocycles. The number of fused-ring (bicyclic) bond motifs is 2. The van der Waals surface area contributed by atoms with Gasteiger partial charge in [-0.25, -0.2) is 9.97 Å². The van der Waals surface area contributed by atoms with Gasteiger partial charge in [0.25, 0.3) is 0 Å². The van der Waals surface area contributed by atoms with Gasteiger partial charge in [-0.2, -0.15) is 5.10 Å². The van der Waals surface area contributed by atoms with Crippen molar-refractivity contribution in [2.24, 2.45) is 0 Å². The fourth-order valence-electron chi connectivity index (χ4n) is 4.16. The van der Waals surface area contributed by atoms with E-state index in [2.05, 4.69) is 32.4 Å². The van der Waals surface area contributed by atoms with Crippen molar-refractivity contribution in [3.05, 3.63) is 109 Å². The highest BCUT2D eigenvalue weighted by atomic mass is 16.5. The van der Waals surface area contributed by atoms with Gasteiger partial charge < -0.3 is 15.8 Å². The zero-order valence-electron chi connectivity index (χ0n) is 19.4. The van der Waals surface area contributed by atoms with Crippen molar-refractivity contribution in [1.29, 1.82) is 0 Å². The van der Waals surface area contributed by atoms with E-state index in [4.69, 9.17) is 15.6 Å². The molecule has 0 unspecified atom stereocenters. The molecule has 0 spiro atoms. The van der Waals surface area contributed by atoms with Crippen molar-refractivity contribution in [3.63, 3.8) is 0 Å². The Balaban J connectivity index is 1.16. The largest absolute Gasteiger partial charge is 0.456 e. The van der Waals surface area contributed by atoms with Crippen molar-refractivity contribution in [2.75, 3.05) is 11.1 Å². The Morgan fingerprint density at radius 1 is 0.833 bits per heavy atom. The van der Waals surface area contributed by atoms with E-state index < -0.39 is 0 Å². The molecule has 36 heavy (non-hydrogen) atoms. The predicted molar refractivity (Wildman–Crippen MR) is 141 cm³/mol. The van der Waals surface area contributed by atoms with E-state index in [-0.39, 0.29) is 0 Å². The first-order valence-corrected chi connectivity index (χ1v) is 11.6. The van der Waals surface area contributed by atoms with Gasteiger partial charge in [0.1, 0.15) is 23.1 Å². The summed E-state index contributed by atoms with van der Waals surface area (Å²) in [5.74, 6) is 2.82. The molecule has 0 amide bonds. The second kappa shape index (κ2) is 9.34. The lowest BCUT2D eigenvalue weighted by molar-refractivity contribution is 0.480. The van der Waals surface area contributed by atoms with E-state index in [0.29, 0.717) is 24.7 Å². The summed E-state index contributed by atoms with van der Waals surface area (Å²) in [5.41, 5.74) is 9.12. The molecule has 4 heterocycles. The van der Waals surface area contributed by atoms with Crippen molar-refractivity contribution < 1.29 is 4.74 Å². The molecule has 0 saturated heterocycles. The number of anilines is 2. The second-order valence-corrected chi connectivity index (χ2v) is 8.46. The molecule has 3 N–H and O–H groups in total. The van der Waals surface area contributed by atoms with Gasteiger partial charge in [0.2, 0.25) is 0 Å². The van der Waals surface area contributed by atoms with E-state index in [1.807, 2.05) is 65.5 Å². The summed E-state index contributed by atoms with van der Waals surface area (Å²) in [5, 5.41) is 11.2. The molecule has 0 radical (unpaired) electrons. The van der Waals surface area contributed by atoms with Crippen molar-refractivity contribution in [3.8, 4) is 11.5 Å². The van der Waals surface area contributed by atoms with E-state index in [9.17, 15) is 0 Å². The van der Waals surface area contributed by atoms with Crippen molar-refractivity contribution in [1.82, 2.24) is 24.7 Å². The Bertz CT molecular complexity index is 1650. The third kappa shape index (κ3) is 4.52. The van der Waals surface area contributed by atoms with Crippen LogP contribution >= 0.6 is 0 Å². The van der Waals surface area contributed by atoms with Crippen molar-refractivity contribution in [2.45, 2.75) is 13.1 Å². The fraction of sp³-hybridized carbons (Fsp3) is 0.0714. The van der Waals surface area contributed by atoms with Gasteiger partial charge >= 0.3 is 0 Å². The Morgan fingerprint density at radius 2 is 1.69 bits per heavy atom. The Morgan fingerprint density at radius 3 is 2.56 bits per heavy atom. The standard InChI is InChI=1S/C28H23N7O/c29-27-24-8-5-20(14-21(24)9-12-31-27)15-33-28-25-18-35(34-26(25)10-13-32-28)17-19-3-6-22(7-4-19)36-23-2-1-11-30-16-23/h1-14,16,18H,15,17H2,(H2,29,31)(H,32,33). The Labute approximate surface area is 207 Å². The fourth-order valence-corrected chi connectivity index (χ4v) is 4.16. The van der Waals surface area contributed by atoms with E-state index >= 15 is 0 Å². The zero-order chi connectivity index (χ0) is 24.3. The molecule has 0 bridgehead atoms. The SMILES string of the molecule is Nc1nccc2cc(CNc3nccc4nn(Cc5ccc(Oc6cccnc6)cc5)cc34)ccc12. The molecule has 0 aliphatic rings. The molecule has 0 atom stereocenters. The Kier molecular flexibility index (Phi) is 5.59. The van der Waals surface area contributed by atoms with E-state index in [0.717, 1.165) is 44.4 Å². The topological polar surface area (TPSA) is 104 Å². The number of rotatable bonds is 7. The molecular formula is C28H23N7O. The highest BCUT2D eigenvalue weighted by Crippen LogP contribution is 2.24. The van der Waals surface area contributed by atoms with Crippen LogP contribution < -0.4 is 15.8 Å². The predicted octanol–water partition coefficient (Wildman–Crippen LogP) is 5.41. The number of nitrogen functional groups attached to an aromatic ring is 1. The minimum absolute atomic E-state index is 0.543. The molecule has 0 aliphatic carbocycles. The number of hydrogen-bond acceptors (Lipinski definition) is 7. The molecule has 0 fully saturated rings. The number of nitrogens with two attached hydrogens (primary N) is 1. The van der Waals surface area contributed by atoms with E-state index in [1.54, 1.807) is 24.8 Å². The van der Waals surface area contributed by atoms with Gasteiger partial charge in [-0.05, 0) is 59.0 Å². The summed E-state index contributed by atoms with van der Waals surface area (Å²) in [7, 11) is 0. The first-order valence-electron chi connectivity index (χ1n) is 11.6. The second-order valence-electron chi connectivity index (χ2n) is 8.46. The van der Waals surface area contributed by atoms with Crippen LogP contribution in [0.2, 0.25) is 0 Å². The molecule has 2 aromatic carbocycles. The number of nitrogens with zero attached hydrogens (tertiary/aromatic N) is 5. The third-order valence-corrected chi connectivity index (χ3v) is 5.94. The highest BCUT2D eigenvalue weighted by molar-refractivity contribution is 5.91. The molecule has 6 aromatic rings. The number of ether oxygens (including phenoxy) is 1. The maximum atomic E-state index is 5.98. The average Bonchev–Trinajstić information content (AvgIpc) is 3.32.